The number of hydrogen-bond donors (Lipinski definition) is 0. The third-order valence-corrected chi connectivity index (χ3v) is 6.79. The van der Waals surface area contributed by atoms with Crippen molar-refractivity contribution in [1.82, 2.24) is 0 Å². The molecule has 0 unspecified atom stereocenters. The molecule has 0 saturated carbocycles. The molecule has 0 radical (unpaired) electrons. The highest BCUT2D eigenvalue weighted by molar-refractivity contribution is 7.85. The van der Waals surface area contributed by atoms with Gasteiger partial charge in [-0.05, 0) is 69.4 Å². The maximum atomic E-state index is 10.8. The molecule has 8 heteroatoms. The number of aryl methyl sites for hydroxylation is 4. The monoisotopic (exact) mass is 518 g/mol. The van der Waals surface area contributed by atoms with Gasteiger partial charge >= 0.3 is 5.69 Å². The van der Waals surface area contributed by atoms with Crippen molar-refractivity contribution in [2.24, 2.45) is 0 Å². The fourth-order valence-corrected chi connectivity index (χ4v) is 4.92. The number of diazo groups is 1. The molecule has 0 N–H and O–H groups in total. The molecule has 0 fully saturated rings. The number of benzene rings is 2. The normalized spacial score (nSPS) is 10.8. The Labute approximate surface area is 217 Å². The van der Waals surface area contributed by atoms with E-state index in [9.17, 15) is 18.4 Å². The quantitative estimate of drug-likeness (QED) is 0.152. The Kier molecular flexibility index (Phi) is 14.1. The highest BCUT2D eigenvalue weighted by Gasteiger charge is 2.24. The molecule has 0 atom stereocenters. The average molecular weight is 519 g/mol. The maximum absolute atomic E-state index is 10.8. The van der Waals surface area contributed by atoms with Crippen LogP contribution in [0, 0.1) is 33.1 Å². The summed E-state index contributed by atoms with van der Waals surface area (Å²) in [5, 5.41) is 9.34. The molecule has 2 aromatic rings. The van der Waals surface area contributed by atoms with E-state index in [-0.39, 0.29) is 4.90 Å². The summed E-state index contributed by atoms with van der Waals surface area (Å²) < 4.78 is 44.1. The van der Waals surface area contributed by atoms with Gasteiger partial charge < -0.3 is 14.0 Å². The molecule has 0 amide bonds. The van der Waals surface area contributed by atoms with Gasteiger partial charge in [-0.25, -0.2) is 8.42 Å². The van der Waals surface area contributed by atoms with Crippen molar-refractivity contribution in [2.75, 3.05) is 13.2 Å². The molecule has 0 aromatic heterocycles. The van der Waals surface area contributed by atoms with E-state index >= 15 is 0 Å². The lowest BCUT2D eigenvalue weighted by atomic mass is 10.1. The highest BCUT2D eigenvalue weighted by atomic mass is 32.2. The van der Waals surface area contributed by atoms with Crippen LogP contribution in [0.1, 0.15) is 87.5 Å². The smallest absolute Gasteiger partial charge is 0.467 e. The van der Waals surface area contributed by atoms with Gasteiger partial charge in [-0.2, -0.15) is 0 Å². The Morgan fingerprint density at radius 2 is 1.17 bits per heavy atom. The average Bonchev–Trinajstić information content (AvgIpc) is 2.77. The Hall–Kier alpha value is -2.63. The van der Waals surface area contributed by atoms with E-state index in [0.29, 0.717) is 41.5 Å². The minimum absolute atomic E-state index is 0.0851. The molecule has 2 rings (SSSR count). The molecular formula is C28H42N2O5S. The Morgan fingerprint density at radius 1 is 0.750 bits per heavy atom. The topological polar surface area (TPSA) is 104 Å². The summed E-state index contributed by atoms with van der Waals surface area (Å²) in [5.41, 5.74) is 3.45. The van der Waals surface area contributed by atoms with Crippen LogP contribution in [0.15, 0.2) is 29.2 Å². The van der Waals surface area contributed by atoms with Gasteiger partial charge in [0.25, 0.3) is 0 Å². The van der Waals surface area contributed by atoms with Gasteiger partial charge in [0.05, 0.1) is 18.1 Å². The van der Waals surface area contributed by atoms with Crippen LogP contribution in [0.3, 0.4) is 0 Å². The molecule has 0 aliphatic heterocycles. The van der Waals surface area contributed by atoms with Gasteiger partial charge in [0.1, 0.15) is 10.1 Å². The minimum atomic E-state index is -4.33. The lowest BCUT2D eigenvalue weighted by Crippen LogP contribution is -2.04. The predicted molar refractivity (Wildman–Crippen MR) is 144 cm³/mol. The first kappa shape index (κ1) is 31.4. The fraction of sp³-hybridized carbons (Fsp3) is 0.571. The second-order valence-electron chi connectivity index (χ2n) is 9.21. The van der Waals surface area contributed by atoms with E-state index in [1.54, 1.807) is 26.0 Å². The van der Waals surface area contributed by atoms with Crippen molar-refractivity contribution in [2.45, 2.75) is 97.8 Å². The molecule has 2 aromatic carbocycles. The van der Waals surface area contributed by atoms with Gasteiger partial charge in [-0.1, -0.05) is 70.1 Å². The zero-order chi connectivity index (χ0) is 27.1. The van der Waals surface area contributed by atoms with Crippen LogP contribution in [0.2, 0.25) is 0 Å². The van der Waals surface area contributed by atoms with Crippen LogP contribution in [0.5, 0.6) is 11.5 Å². The third-order valence-electron chi connectivity index (χ3n) is 5.65. The molecule has 200 valence electrons. The van der Waals surface area contributed by atoms with E-state index in [1.165, 1.54) is 25.7 Å². The van der Waals surface area contributed by atoms with E-state index in [1.807, 2.05) is 26.0 Å². The first-order chi connectivity index (χ1) is 17.0. The molecule has 0 heterocycles. The second kappa shape index (κ2) is 16.2. The van der Waals surface area contributed by atoms with Crippen LogP contribution in [0.4, 0.5) is 5.69 Å². The van der Waals surface area contributed by atoms with Crippen molar-refractivity contribution in [3.63, 3.8) is 0 Å². The van der Waals surface area contributed by atoms with Crippen molar-refractivity contribution in [3.8, 4) is 11.5 Å². The highest BCUT2D eigenvalue weighted by Crippen LogP contribution is 2.39. The molecule has 0 saturated heterocycles. The van der Waals surface area contributed by atoms with E-state index in [4.69, 9.17) is 9.47 Å². The van der Waals surface area contributed by atoms with E-state index in [0.717, 1.165) is 36.8 Å². The Bertz CT molecular complexity index is 1050. The molecule has 7 nitrogen and oxygen atoms in total. The van der Waals surface area contributed by atoms with E-state index in [2.05, 4.69) is 18.8 Å². The zero-order valence-electron chi connectivity index (χ0n) is 22.7. The number of ether oxygens (including phenoxy) is 2. The lowest BCUT2D eigenvalue weighted by molar-refractivity contribution is 0.293. The summed E-state index contributed by atoms with van der Waals surface area (Å²) in [7, 11) is -4.33. The Balaban J connectivity index is 0.000000420. The third kappa shape index (κ3) is 11.0. The second-order valence-corrected chi connectivity index (χ2v) is 10.5. The van der Waals surface area contributed by atoms with Gasteiger partial charge in [-0.15, -0.1) is 0 Å². The standard InChI is InChI=1S/C19H31N2O2.C9H12O3S/c1-4-6-8-10-12-22-17-14-16(3)15-18(19(17)21-20)23-13-11-9-7-5-2;1-6-4-7(2)9(8(3)5-6)13(10,11)12/h14-15H,4-13H2,1-3H3;4-5H,1-3H3,(H,10,11,12)/q+1;/p-1. The summed E-state index contributed by atoms with van der Waals surface area (Å²) >= 11 is 0. The largest absolute Gasteiger partial charge is 0.744 e. The van der Waals surface area contributed by atoms with Crippen LogP contribution >= 0.6 is 0 Å². The van der Waals surface area contributed by atoms with Crippen molar-refractivity contribution in [3.05, 3.63) is 51.5 Å². The first-order valence-corrected chi connectivity index (χ1v) is 14.2. The van der Waals surface area contributed by atoms with Crippen LogP contribution in [-0.4, -0.2) is 26.2 Å². The molecule has 0 bridgehead atoms. The molecular weight excluding hydrogens is 476 g/mol. The summed E-state index contributed by atoms with van der Waals surface area (Å²) in [4.78, 5) is 3.31. The van der Waals surface area contributed by atoms with Crippen LogP contribution in [-0.2, 0) is 10.1 Å². The van der Waals surface area contributed by atoms with Gasteiger partial charge in [0.15, 0.2) is 4.98 Å². The number of unbranched alkanes of at least 4 members (excludes halogenated alkanes) is 6. The summed E-state index contributed by atoms with van der Waals surface area (Å²) in [6.07, 6.45) is 9.21. The van der Waals surface area contributed by atoms with Crippen LogP contribution in [0.25, 0.3) is 4.98 Å². The van der Waals surface area contributed by atoms with Gasteiger partial charge in [0.2, 0.25) is 16.9 Å². The summed E-state index contributed by atoms with van der Waals surface area (Å²) in [6, 6.07) is 7.19. The summed E-state index contributed by atoms with van der Waals surface area (Å²) in [5.74, 6) is 1.21. The number of rotatable bonds is 13. The van der Waals surface area contributed by atoms with Crippen molar-refractivity contribution in [1.29, 1.82) is 5.39 Å². The minimum Gasteiger partial charge on any atom is -0.744 e. The zero-order valence-corrected chi connectivity index (χ0v) is 23.5. The SMILES string of the molecule is CCCCCCOc1cc(C)cc(OCCCCCC)c1[N+]#N.Cc1cc(C)c(S(=O)(=O)[O-])c(C)c1. The lowest BCUT2D eigenvalue weighted by Gasteiger charge is -2.14. The molecule has 36 heavy (non-hydrogen) atoms. The predicted octanol–water partition coefficient (Wildman–Crippen LogP) is 7.91. The van der Waals surface area contributed by atoms with Crippen molar-refractivity contribution >= 4 is 15.8 Å². The van der Waals surface area contributed by atoms with Crippen molar-refractivity contribution < 1.29 is 22.4 Å². The van der Waals surface area contributed by atoms with Crippen LogP contribution < -0.4 is 9.47 Å². The first-order valence-electron chi connectivity index (χ1n) is 12.8. The number of hydrogen-bond acceptors (Lipinski definition) is 6. The molecule has 0 aliphatic rings. The number of nitrogens with zero attached hydrogens (tertiary/aromatic N) is 2. The maximum Gasteiger partial charge on any atom is 0.467 e. The molecule has 0 spiro atoms. The van der Waals surface area contributed by atoms with E-state index < -0.39 is 10.1 Å². The van der Waals surface area contributed by atoms with Gasteiger partial charge in [0, 0.05) is 0 Å². The molecule has 0 aliphatic carbocycles. The fourth-order valence-electron chi connectivity index (χ4n) is 4.02. The summed E-state index contributed by atoms with van der Waals surface area (Å²) in [6.45, 7) is 12.8. The van der Waals surface area contributed by atoms with Gasteiger partial charge in [-0.3, -0.25) is 0 Å². The Morgan fingerprint density at radius 3 is 1.53 bits per heavy atom.